The first-order valence-electron chi connectivity index (χ1n) is 5.27. The number of alkyl halides is 2. The summed E-state index contributed by atoms with van der Waals surface area (Å²) in [6, 6.07) is 5.79. The van der Waals surface area contributed by atoms with Gasteiger partial charge in [0.2, 0.25) is 0 Å². The lowest BCUT2D eigenvalue weighted by Crippen LogP contribution is -2.24. The summed E-state index contributed by atoms with van der Waals surface area (Å²) in [6.07, 6.45) is 0. The Morgan fingerprint density at radius 2 is 1.81 bits per heavy atom. The van der Waals surface area contributed by atoms with Crippen LogP contribution >= 0.6 is 0 Å². The monoisotopic (exact) mass is 229 g/mol. The van der Waals surface area contributed by atoms with Crippen LogP contribution in [0.4, 0.5) is 8.78 Å². The van der Waals surface area contributed by atoms with Gasteiger partial charge in [0.25, 0.3) is 5.92 Å². The van der Waals surface area contributed by atoms with Crippen molar-refractivity contribution in [3.63, 3.8) is 0 Å². The molecule has 16 heavy (non-hydrogen) atoms. The summed E-state index contributed by atoms with van der Waals surface area (Å²) in [5.74, 6) is -1.95. The van der Waals surface area contributed by atoms with Crippen LogP contribution in [0.1, 0.15) is 19.4 Å². The number of ether oxygens (including phenoxy) is 1. The first kappa shape index (κ1) is 12.9. The van der Waals surface area contributed by atoms with E-state index in [2.05, 4.69) is 0 Å². The predicted octanol–water partition coefficient (Wildman–Crippen LogP) is 2.77. The van der Waals surface area contributed by atoms with E-state index in [4.69, 9.17) is 10.5 Å². The van der Waals surface area contributed by atoms with Crippen molar-refractivity contribution in [1.82, 2.24) is 0 Å². The average Bonchev–Trinajstić information content (AvgIpc) is 2.27. The summed E-state index contributed by atoms with van der Waals surface area (Å²) < 4.78 is 31.7. The van der Waals surface area contributed by atoms with Gasteiger partial charge in [-0.3, -0.25) is 0 Å². The highest BCUT2D eigenvalue weighted by Crippen LogP contribution is 2.27. The van der Waals surface area contributed by atoms with E-state index in [1.807, 2.05) is 13.8 Å². The summed E-state index contributed by atoms with van der Waals surface area (Å²) in [4.78, 5) is 0. The molecule has 0 fully saturated rings. The fraction of sp³-hybridized carbons (Fsp3) is 0.500. The first-order chi connectivity index (χ1) is 7.45. The van der Waals surface area contributed by atoms with Crippen LogP contribution in [-0.2, 0) is 5.92 Å². The van der Waals surface area contributed by atoms with Gasteiger partial charge in [0.15, 0.2) is 0 Å². The molecule has 2 N–H and O–H groups in total. The SMILES string of the molecule is CC(C)COc1ccc(C(F)(F)CN)cc1. The van der Waals surface area contributed by atoms with Crippen molar-refractivity contribution in [2.24, 2.45) is 11.7 Å². The highest BCUT2D eigenvalue weighted by Gasteiger charge is 2.29. The molecule has 2 nitrogen and oxygen atoms in total. The van der Waals surface area contributed by atoms with E-state index in [0.29, 0.717) is 18.3 Å². The maximum absolute atomic E-state index is 13.2. The molecule has 0 bridgehead atoms. The minimum Gasteiger partial charge on any atom is -0.493 e. The fourth-order valence-corrected chi connectivity index (χ4v) is 1.18. The van der Waals surface area contributed by atoms with Crippen molar-refractivity contribution in [1.29, 1.82) is 0 Å². The Labute approximate surface area is 94.4 Å². The van der Waals surface area contributed by atoms with E-state index in [1.54, 1.807) is 12.1 Å². The van der Waals surface area contributed by atoms with Gasteiger partial charge in [-0.25, -0.2) is 0 Å². The molecule has 0 aliphatic rings. The van der Waals surface area contributed by atoms with Crippen LogP contribution in [0.15, 0.2) is 24.3 Å². The van der Waals surface area contributed by atoms with Gasteiger partial charge in [-0.15, -0.1) is 0 Å². The number of hydrogen-bond donors (Lipinski definition) is 1. The summed E-state index contributed by atoms with van der Waals surface area (Å²) in [7, 11) is 0. The topological polar surface area (TPSA) is 35.2 Å². The lowest BCUT2D eigenvalue weighted by atomic mass is 10.1. The summed E-state index contributed by atoms with van der Waals surface area (Å²) >= 11 is 0. The third-order valence-electron chi connectivity index (χ3n) is 2.12. The molecule has 0 saturated heterocycles. The molecule has 0 saturated carbocycles. The van der Waals surface area contributed by atoms with E-state index < -0.39 is 12.5 Å². The minimum atomic E-state index is -2.96. The van der Waals surface area contributed by atoms with Gasteiger partial charge >= 0.3 is 0 Å². The van der Waals surface area contributed by atoms with Gasteiger partial charge in [-0.05, 0) is 30.2 Å². The van der Waals surface area contributed by atoms with E-state index >= 15 is 0 Å². The second-order valence-corrected chi connectivity index (χ2v) is 4.14. The van der Waals surface area contributed by atoms with Gasteiger partial charge in [-0.1, -0.05) is 13.8 Å². The van der Waals surface area contributed by atoms with Crippen molar-refractivity contribution in [3.05, 3.63) is 29.8 Å². The van der Waals surface area contributed by atoms with Crippen LogP contribution in [-0.4, -0.2) is 13.2 Å². The van der Waals surface area contributed by atoms with Crippen LogP contribution in [0.5, 0.6) is 5.75 Å². The zero-order chi connectivity index (χ0) is 12.2. The second-order valence-electron chi connectivity index (χ2n) is 4.14. The molecule has 4 heteroatoms. The fourth-order valence-electron chi connectivity index (χ4n) is 1.18. The van der Waals surface area contributed by atoms with Crippen LogP contribution in [0.2, 0.25) is 0 Å². The predicted molar refractivity (Wildman–Crippen MR) is 59.7 cm³/mol. The van der Waals surface area contributed by atoms with Crippen molar-refractivity contribution < 1.29 is 13.5 Å². The van der Waals surface area contributed by atoms with Crippen molar-refractivity contribution in [3.8, 4) is 5.75 Å². The standard InChI is InChI=1S/C12H17F2NO/c1-9(2)7-16-11-5-3-10(4-6-11)12(13,14)8-15/h3-6,9H,7-8,15H2,1-2H3. The van der Waals surface area contributed by atoms with E-state index in [9.17, 15) is 8.78 Å². The van der Waals surface area contributed by atoms with Gasteiger partial charge in [-0.2, -0.15) is 8.78 Å². The van der Waals surface area contributed by atoms with Gasteiger partial charge in [0.05, 0.1) is 13.2 Å². The second kappa shape index (κ2) is 5.25. The van der Waals surface area contributed by atoms with Crippen molar-refractivity contribution in [2.75, 3.05) is 13.2 Å². The molecule has 0 aliphatic carbocycles. The number of nitrogens with two attached hydrogens (primary N) is 1. The van der Waals surface area contributed by atoms with Crippen LogP contribution in [0.25, 0.3) is 0 Å². The number of rotatable bonds is 5. The molecule has 0 aromatic heterocycles. The molecular formula is C12H17F2NO. The van der Waals surface area contributed by atoms with Crippen LogP contribution in [0.3, 0.4) is 0 Å². The Balaban J connectivity index is 2.68. The zero-order valence-electron chi connectivity index (χ0n) is 9.54. The Hall–Kier alpha value is -1.16. The normalized spacial score (nSPS) is 11.9. The molecule has 1 aromatic rings. The maximum atomic E-state index is 13.2. The zero-order valence-corrected chi connectivity index (χ0v) is 9.54. The molecular weight excluding hydrogens is 212 g/mol. The Kier molecular flexibility index (Phi) is 4.24. The minimum absolute atomic E-state index is 0.0769. The van der Waals surface area contributed by atoms with Gasteiger partial charge < -0.3 is 10.5 Å². The number of benzene rings is 1. The Bertz CT molecular complexity index is 322. The number of hydrogen-bond acceptors (Lipinski definition) is 2. The molecule has 0 atom stereocenters. The summed E-state index contributed by atoms with van der Waals surface area (Å²) in [5, 5.41) is 0. The molecule has 0 spiro atoms. The Morgan fingerprint density at radius 1 is 1.25 bits per heavy atom. The molecule has 0 unspecified atom stereocenters. The molecule has 0 radical (unpaired) electrons. The third kappa shape index (κ3) is 3.45. The lowest BCUT2D eigenvalue weighted by molar-refractivity contribution is 0.00590. The van der Waals surface area contributed by atoms with Crippen molar-refractivity contribution >= 4 is 0 Å². The average molecular weight is 229 g/mol. The largest absolute Gasteiger partial charge is 0.493 e. The molecule has 0 aliphatic heterocycles. The Morgan fingerprint density at radius 3 is 2.25 bits per heavy atom. The summed E-state index contributed by atoms with van der Waals surface area (Å²) in [5.41, 5.74) is 4.92. The highest BCUT2D eigenvalue weighted by atomic mass is 19.3. The smallest absolute Gasteiger partial charge is 0.285 e. The van der Waals surface area contributed by atoms with Gasteiger partial charge in [0, 0.05) is 5.56 Å². The molecule has 1 aromatic carbocycles. The third-order valence-corrected chi connectivity index (χ3v) is 2.12. The maximum Gasteiger partial charge on any atom is 0.285 e. The quantitative estimate of drug-likeness (QED) is 0.842. The lowest BCUT2D eigenvalue weighted by Gasteiger charge is -2.15. The molecule has 1 rings (SSSR count). The van der Waals surface area contributed by atoms with E-state index in [0.717, 1.165) is 0 Å². The first-order valence-corrected chi connectivity index (χ1v) is 5.27. The van der Waals surface area contributed by atoms with Crippen LogP contribution < -0.4 is 10.5 Å². The highest BCUT2D eigenvalue weighted by molar-refractivity contribution is 5.30. The molecule has 0 heterocycles. The van der Waals surface area contributed by atoms with E-state index in [-0.39, 0.29) is 5.56 Å². The molecule has 90 valence electrons. The van der Waals surface area contributed by atoms with Gasteiger partial charge in [0.1, 0.15) is 5.75 Å². The summed E-state index contributed by atoms with van der Waals surface area (Å²) in [6.45, 7) is 3.94. The molecule has 0 amide bonds. The van der Waals surface area contributed by atoms with Crippen LogP contribution in [0, 0.1) is 5.92 Å². The van der Waals surface area contributed by atoms with E-state index in [1.165, 1.54) is 12.1 Å². The van der Waals surface area contributed by atoms with Crippen molar-refractivity contribution in [2.45, 2.75) is 19.8 Å². The number of halogens is 2.